The highest BCUT2D eigenvalue weighted by Gasteiger charge is 2.28. The van der Waals surface area contributed by atoms with E-state index in [4.69, 9.17) is 9.47 Å². The summed E-state index contributed by atoms with van der Waals surface area (Å²) in [5.41, 5.74) is -0.0323. The summed E-state index contributed by atoms with van der Waals surface area (Å²) in [6, 6.07) is 13.6. The Bertz CT molecular complexity index is 816. The Hall–Kier alpha value is -3.09. The van der Waals surface area contributed by atoms with Gasteiger partial charge in [-0.2, -0.15) is 0 Å². The Morgan fingerprint density at radius 1 is 1.11 bits per heavy atom. The first-order chi connectivity index (χ1) is 13.1. The van der Waals surface area contributed by atoms with Gasteiger partial charge in [-0.15, -0.1) is 0 Å². The molecule has 1 aliphatic heterocycles. The van der Waals surface area contributed by atoms with Crippen LogP contribution in [0.1, 0.15) is 30.1 Å². The number of hydrogen-bond acceptors (Lipinski definition) is 5. The highest BCUT2D eigenvalue weighted by molar-refractivity contribution is 5.98. The van der Waals surface area contributed by atoms with E-state index in [0.29, 0.717) is 44.0 Å². The molecule has 2 aromatic rings. The second-order valence-electron chi connectivity index (χ2n) is 6.26. The molecule has 0 radical (unpaired) electrons. The lowest BCUT2D eigenvalue weighted by Crippen LogP contribution is -2.42. The van der Waals surface area contributed by atoms with Crippen LogP contribution in [-0.2, 0) is 0 Å². The molecular formula is C20H22N2O5. The Morgan fingerprint density at radius 2 is 1.74 bits per heavy atom. The molecule has 7 heteroatoms. The summed E-state index contributed by atoms with van der Waals surface area (Å²) in [5.74, 6) is 1.09. The fraction of sp³-hybridized carbons (Fsp3) is 0.350. The average Bonchev–Trinajstić information content (AvgIpc) is 2.70. The van der Waals surface area contributed by atoms with E-state index in [0.717, 1.165) is 0 Å². The molecule has 0 N–H and O–H groups in total. The second kappa shape index (κ2) is 8.53. The van der Waals surface area contributed by atoms with Crippen molar-refractivity contribution in [2.45, 2.75) is 25.9 Å². The maximum absolute atomic E-state index is 12.7. The van der Waals surface area contributed by atoms with Gasteiger partial charge in [0.25, 0.3) is 11.6 Å². The van der Waals surface area contributed by atoms with Crippen LogP contribution in [0, 0.1) is 10.1 Å². The van der Waals surface area contributed by atoms with Crippen molar-refractivity contribution in [1.29, 1.82) is 0 Å². The molecule has 0 saturated carbocycles. The molecule has 0 unspecified atom stereocenters. The van der Waals surface area contributed by atoms with Crippen molar-refractivity contribution < 1.29 is 19.2 Å². The molecule has 2 aromatic carbocycles. The molecule has 1 heterocycles. The van der Waals surface area contributed by atoms with Crippen molar-refractivity contribution in [2.75, 3.05) is 19.7 Å². The van der Waals surface area contributed by atoms with Crippen molar-refractivity contribution in [3.05, 3.63) is 64.2 Å². The predicted octanol–water partition coefficient (Wildman–Crippen LogP) is 3.68. The topological polar surface area (TPSA) is 81.9 Å². The van der Waals surface area contributed by atoms with Crippen LogP contribution in [0.5, 0.6) is 11.5 Å². The Morgan fingerprint density at radius 3 is 2.41 bits per heavy atom. The van der Waals surface area contributed by atoms with Crippen LogP contribution in [0.25, 0.3) is 0 Å². The molecule has 0 bridgehead atoms. The van der Waals surface area contributed by atoms with Crippen LogP contribution in [-0.4, -0.2) is 41.5 Å². The molecule has 7 nitrogen and oxygen atoms in total. The van der Waals surface area contributed by atoms with Gasteiger partial charge in [-0.25, -0.2) is 0 Å². The number of hydrogen-bond donors (Lipinski definition) is 0. The van der Waals surface area contributed by atoms with Gasteiger partial charge >= 0.3 is 0 Å². The highest BCUT2D eigenvalue weighted by Crippen LogP contribution is 2.30. The van der Waals surface area contributed by atoms with Crippen LogP contribution in [0.3, 0.4) is 0 Å². The van der Waals surface area contributed by atoms with Crippen molar-refractivity contribution >= 4 is 11.6 Å². The SMILES string of the molecule is CCOc1ccccc1OC1CCN(C(=O)c2ccccc2[N+](=O)[O-])CC1. The zero-order valence-electron chi connectivity index (χ0n) is 15.2. The molecule has 0 atom stereocenters. The number of para-hydroxylation sites is 3. The largest absolute Gasteiger partial charge is 0.490 e. The van der Waals surface area contributed by atoms with Gasteiger partial charge in [0.15, 0.2) is 11.5 Å². The number of carbonyl (C=O) groups is 1. The third kappa shape index (κ3) is 4.36. The maximum atomic E-state index is 12.7. The quantitative estimate of drug-likeness (QED) is 0.572. The first kappa shape index (κ1) is 18.7. The van der Waals surface area contributed by atoms with Crippen molar-refractivity contribution in [2.24, 2.45) is 0 Å². The number of carbonyl (C=O) groups excluding carboxylic acids is 1. The van der Waals surface area contributed by atoms with Crippen LogP contribution in [0.4, 0.5) is 5.69 Å². The minimum Gasteiger partial charge on any atom is -0.490 e. The van der Waals surface area contributed by atoms with Crippen LogP contribution in [0.2, 0.25) is 0 Å². The number of ether oxygens (including phenoxy) is 2. The summed E-state index contributed by atoms with van der Waals surface area (Å²) in [4.78, 5) is 25.0. The first-order valence-electron chi connectivity index (χ1n) is 9.01. The molecule has 1 amide bonds. The third-order valence-corrected chi connectivity index (χ3v) is 4.50. The minimum atomic E-state index is -0.520. The lowest BCUT2D eigenvalue weighted by molar-refractivity contribution is -0.385. The van der Waals surface area contributed by atoms with Gasteiger partial charge in [0.2, 0.25) is 0 Å². The number of piperidine rings is 1. The van der Waals surface area contributed by atoms with E-state index in [-0.39, 0.29) is 23.3 Å². The van der Waals surface area contributed by atoms with E-state index in [9.17, 15) is 14.9 Å². The number of benzene rings is 2. The van der Waals surface area contributed by atoms with E-state index in [1.165, 1.54) is 12.1 Å². The molecule has 0 spiro atoms. The molecular weight excluding hydrogens is 348 g/mol. The van der Waals surface area contributed by atoms with Crippen molar-refractivity contribution in [3.63, 3.8) is 0 Å². The number of amides is 1. The molecule has 1 saturated heterocycles. The van der Waals surface area contributed by atoms with Crippen LogP contribution in [0.15, 0.2) is 48.5 Å². The Labute approximate surface area is 157 Å². The number of nitrogens with zero attached hydrogens (tertiary/aromatic N) is 2. The second-order valence-corrected chi connectivity index (χ2v) is 6.26. The number of nitro groups is 1. The number of nitro benzene ring substituents is 1. The zero-order chi connectivity index (χ0) is 19.2. The van der Waals surface area contributed by atoms with E-state index < -0.39 is 4.92 Å². The normalized spacial score (nSPS) is 14.6. The molecule has 1 aliphatic rings. The summed E-state index contributed by atoms with van der Waals surface area (Å²) in [6.45, 7) is 3.46. The smallest absolute Gasteiger partial charge is 0.282 e. The van der Waals surface area contributed by atoms with Crippen molar-refractivity contribution in [3.8, 4) is 11.5 Å². The molecule has 1 fully saturated rings. The molecule has 27 heavy (non-hydrogen) atoms. The Kier molecular flexibility index (Phi) is 5.90. The molecule has 3 rings (SSSR count). The molecule has 142 valence electrons. The summed E-state index contributed by atoms with van der Waals surface area (Å²) in [7, 11) is 0. The Balaban J connectivity index is 1.63. The number of likely N-dealkylation sites (tertiary alicyclic amines) is 1. The van der Waals surface area contributed by atoms with Gasteiger partial charge in [0.05, 0.1) is 11.5 Å². The molecule has 0 aliphatic carbocycles. The first-order valence-corrected chi connectivity index (χ1v) is 9.01. The third-order valence-electron chi connectivity index (χ3n) is 4.50. The predicted molar refractivity (Wildman–Crippen MR) is 100 cm³/mol. The van der Waals surface area contributed by atoms with Gasteiger partial charge in [-0.1, -0.05) is 24.3 Å². The monoisotopic (exact) mass is 370 g/mol. The summed E-state index contributed by atoms with van der Waals surface area (Å²) >= 11 is 0. The molecule has 0 aromatic heterocycles. The van der Waals surface area contributed by atoms with Gasteiger partial charge < -0.3 is 14.4 Å². The van der Waals surface area contributed by atoms with Gasteiger partial charge in [-0.05, 0) is 25.1 Å². The highest BCUT2D eigenvalue weighted by atomic mass is 16.6. The van der Waals surface area contributed by atoms with E-state index >= 15 is 0 Å². The summed E-state index contributed by atoms with van der Waals surface area (Å²) in [6.07, 6.45) is 1.29. The van der Waals surface area contributed by atoms with Crippen LogP contribution >= 0.6 is 0 Å². The van der Waals surface area contributed by atoms with Gasteiger partial charge in [0, 0.05) is 32.0 Å². The number of rotatable bonds is 6. The van der Waals surface area contributed by atoms with Gasteiger partial charge in [-0.3, -0.25) is 14.9 Å². The fourth-order valence-corrected chi connectivity index (χ4v) is 3.16. The van der Waals surface area contributed by atoms with Crippen molar-refractivity contribution in [1.82, 2.24) is 4.90 Å². The minimum absolute atomic E-state index is 0.0265. The van der Waals surface area contributed by atoms with E-state index in [1.807, 2.05) is 31.2 Å². The summed E-state index contributed by atoms with van der Waals surface area (Å²) in [5, 5.41) is 11.2. The standard InChI is InChI=1S/C20H22N2O5/c1-2-26-18-9-5-6-10-19(18)27-15-11-13-21(14-12-15)20(23)16-7-3-4-8-17(16)22(24)25/h3-10,15H,2,11-14H2,1H3. The average molecular weight is 370 g/mol. The van der Waals surface area contributed by atoms with Crippen LogP contribution < -0.4 is 9.47 Å². The zero-order valence-corrected chi connectivity index (χ0v) is 15.2. The lowest BCUT2D eigenvalue weighted by atomic mass is 10.1. The lowest BCUT2D eigenvalue weighted by Gasteiger charge is -2.32. The summed E-state index contributed by atoms with van der Waals surface area (Å²) < 4.78 is 11.6. The fourth-order valence-electron chi connectivity index (χ4n) is 3.16. The van der Waals surface area contributed by atoms with E-state index in [2.05, 4.69) is 0 Å². The van der Waals surface area contributed by atoms with Gasteiger partial charge in [0.1, 0.15) is 11.7 Å². The maximum Gasteiger partial charge on any atom is 0.282 e. The van der Waals surface area contributed by atoms with E-state index in [1.54, 1.807) is 17.0 Å².